The van der Waals surface area contributed by atoms with E-state index in [4.69, 9.17) is 4.74 Å². The molecule has 1 atom stereocenters. The predicted octanol–water partition coefficient (Wildman–Crippen LogP) is 3.92. The normalized spacial score (nSPS) is 12.5. The minimum absolute atomic E-state index is 0.368. The number of rotatable bonds is 6. The Morgan fingerprint density at radius 2 is 1.91 bits per heavy atom. The molecule has 0 radical (unpaired) electrons. The van der Waals surface area contributed by atoms with E-state index in [1.165, 1.54) is 16.6 Å². The lowest BCUT2D eigenvalue weighted by Gasteiger charge is -2.16. The summed E-state index contributed by atoms with van der Waals surface area (Å²) in [6.45, 7) is 0.984. The molecule has 0 aliphatic heterocycles. The summed E-state index contributed by atoms with van der Waals surface area (Å²) < 4.78 is 5.31. The number of ether oxygens (including phenoxy) is 1. The van der Waals surface area contributed by atoms with Gasteiger partial charge in [0.25, 0.3) is 0 Å². The number of H-pyrrole nitrogens is 1. The van der Waals surface area contributed by atoms with Gasteiger partial charge < -0.3 is 15.0 Å². The van der Waals surface area contributed by atoms with Crippen LogP contribution in [0.2, 0.25) is 0 Å². The maximum Gasteiger partial charge on any atom is 0.120 e. The maximum atomic E-state index is 5.31. The van der Waals surface area contributed by atoms with Crippen LogP contribution in [-0.4, -0.2) is 25.7 Å². The highest BCUT2D eigenvalue weighted by Crippen LogP contribution is 2.30. The summed E-state index contributed by atoms with van der Waals surface area (Å²) in [5.74, 6) is 1.25. The van der Waals surface area contributed by atoms with Crippen LogP contribution < -0.4 is 10.1 Å². The van der Waals surface area contributed by atoms with Crippen molar-refractivity contribution in [3.05, 3.63) is 65.9 Å². The number of aromatic nitrogens is 1. The Morgan fingerprint density at radius 1 is 1.09 bits per heavy atom. The molecule has 2 N–H and O–H groups in total. The quantitative estimate of drug-likeness (QED) is 0.723. The second-order valence-electron chi connectivity index (χ2n) is 5.53. The van der Waals surface area contributed by atoms with Gasteiger partial charge in [0.05, 0.1) is 7.11 Å². The standard InChI is InChI=1S/C19H22N2O/c1-20-11-10-17(14-6-4-3-5-7-14)19-12-15-8-9-16(22-2)13-18(15)21-19/h3-9,12-13,17,20-21H,10-11H2,1-2H3. The Labute approximate surface area is 131 Å². The fourth-order valence-electron chi connectivity index (χ4n) is 2.92. The van der Waals surface area contributed by atoms with Crippen molar-refractivity contribution in [2.24, 2.45) is 0 Å². The first-order chi connectivity index (χ1) is 10.8. The number of nitrogens with one attached hydrogen (secondary N) is 2. The number of aromatic amines is 1. The summed E-state index contributed by atoms with van der Waals surface area (Å²) in [4.78, 5) is 3.57. The molecule has 1 heterocycles. The molecule has 3 heteroatoms. The number of methoxy groups -OCH3 is 1. The number of hydrogen-bond donors (Lipinski definition) is 2. The van der Waals surface area contributed by atoms with Crippen molar-refractivity contribution < 1.29 is 4.74 Å². The summed E-state index contributed by atoms with van der Waals surface area (Å²) in [5, 5.41) is 4.48. The van der Waals surface area contributed by atoms with Crippen molar-refractivity contribution in [3.63, 3.8) is 0 Å². The summed E-state index contributed by atoms with van der Waals surface area (Å²) in [7, 11) is 3.70. The highest BCUT2D eigenvalue weighted by molar-refractivity contribution is 5.82. The second-order valence-corrected chi connectivity index (χ2v) is 5.53. The van der Waals surface area contributed by atoms with Gasteiger partial charge in [0.2, 0.25) is 0 Å². The molecule has 1 aromatic heterocycles. The van der Waals surface area contributed by atoms with Crippen molar-refractivity contribution in [2.45, 2.75) is 12.3 Å². The minimum atomic E-state index is 0.368. The molecule has 0 saturated heterocycles. The van der Waals surface area contributed by atoms with Gasteiger partial charge in [-0.15, -0.1) is 0 Å². The zero-order valence-electron chi connectivity index (χ0n) is 13.1. The topological polar surface area (TPSA) is 37.0 Å². The van der Waals surface area contributed by atoms with Crippen LogP contribution in [0.1, 0.15) is 23.6 Å². The Hall–Kier alpha value is -2.26. The molecule has 2 aromatic carbocycles. The molecule has 0 amide bonds. The van der Waals surface area contributed by atoms with Gasteiger partial charge in [-0.2, -0.15) is 0 Å². The minimum Gasteiger partial charge on any atom is -0.497 e. The van der Waals surface area contributed by atoms with Crippen molar-refractivity contribution >= 4 is 10.9 Å². The number of hydrogen-bond acceptors (Lipinski definition) is 2. The molecule has 0 aliphatic rings. The Bertz CT molecular complexity index is 734. The van der Waals surface area contributed by atoms with Gasteiger partial charge >= 0.3 is 0 Å². The smallest absolute Gasteiger partial charge is 0.120 e. The fourth-order valence-corrected chi connectivity index (χ4v) is 2.92. The van der Waals surface area contributed by atoms with Crippen LogP contribution in [0, 0.1) is 0 Å². The molecule has 114 valence electrons. The summed E-state index contributed by atoms with van der Waals surface area (Å²) >= 11 is 0. The maximum absolute atomic E-state index is 5.31. The molecule has 1 unspecified atom stereocenters. The second kappa shape index (κ2) is 6.67. The van der Waals surface area contributed by atoms with Crippen molar-refractivity contribution in [3.8, 4) is 5.75 Å². The van der Waals surface area contributed by atoms with E-state index in [1.807, 2.05) is 13.1 Å². The third-order valence-electron chi connectivity index (χ3n) is 4.11. The van der Waals surface area contributed by atoms with E-state index in [-0.39, 0.29) is 0 Å². The van der Waals surface area contributed by atoms with Crippen molar-refractivity contribution in [2.75, 3.05) is 20.7 Å². The first-order valence-corrected chi connectivity index (χ1v) is 7.68. The summed E-state index contributed by atoms with van der Waals surface area (Å²) in [5.41, 5.74) is 3.72. The SMILES string of the molecule is CNCCC(c1ccccc1)c1cc2ccc(OC)cc2[nH]1. The van der Waals surface area contributed by atoms with Gasteiger partial charge in [-0.05, 0) is 49.2 Å². The van der Waals surface area contributed by atoms with E-state index in [0.717, 1.165) is 24.2 Å². The highest BCUT2D eigenvalue weighted by atomic mass is 16.5. The van der Waals surface area contributed by atoms with Gasteiger partial charge in [-0.3, -0.25) is 0 Å². The van der Waals surface area contributed by atoms with Gasteiger partial charge in [-0.1, -0.05) is 30.3 Å². The summed E-state index contributed by atoms with van der Waals surface area (Å²) in [6, 6.07) is 19.1. The summed E-state index contributed by atoms with van der Waals surface area (Å²) in [6.07, 6.45) is 1.06. The zero-order valence-corrected chi connectivity index (χ0v) is 13.1. The highest BCUT2D eigenvalue weighted by Gasteiger charge is 2.16. The van der Waals surface area contributed by atoms with Crippen LogP contribution in [0.3, 0.4) is 0 Å². The Morgan fingerprint density at radius 3 is 2.64 bits per heavy atom. The fraction of sp³-hybridized carbons (Fsp3) is 0.263. The van der Waals surface area contributed by atoms with E-state index in [0.29, 0.717) is 5.92 Å². The van der Waals surface area contributed by atoms with Gasteiger partial charge in [0, 0.05) is 23.2 Å². The van der Waals surface area contributed by atoms with Crippen LogP contribution in [0.5, 0.6) is 5.75 Å². The zero-order chi connectivity index (χ0) is 15.4. The van der Waals surface area contributed by atoms with Gasteiger partial charge in [-0.25, -0.2) is 0 Å². The largest absolute Gasteiger partial charge is 0.497 e. The molecular weight excluding hydrogens is 272 g/mol. The average molecular weight is 294 g/mol. The van der Waals surface area contributed by atoms with Crippen LogP contribution in [0.25, 0.3) is 10.9 Å². The lowest BCUT2D eigenvalue weighted by atomic mass is 9.92. The monoisotopic (exact) mass is 294 g/mol. The Kier molecular flexibility index (Phi) is 4.45. The molecular formula is C19H22N2O. The molecule has 0 aliphatic carbocycles. The molecule has 0 fully saturated rings. The van der Waals surface area contributed by atoms with E-state index >= 15 is 0 Å². The third kappa shape index (κ3) is 3.00. The van der Waals surface area contributed by atoms with Crippen LogP contribution in [0.15, 0.2) is 54.6 Å². The van der Waals surface area contributed by atoms with Crippen molar-refractivity contribution in [1.82, 2.24) is 10.3 Å². The van der Waals surface area contributed by atoms with E-state index < -0.39 is 0 Å². The van der Waals surface area contributed by atoms with E-state index in [1.54, 1.807) is 7.11 Å². The molecule has 0 saturated carbocycles. The van der Waals surface area contributed by atoms with Crippen LogP contribution in [0.4, 0.5) is 0 Å². The van der Waals surface area contributed by atoms with Crippen LogP contribution >= 0.6 is 0 Å². The number of benzene rings is 2. The Balaban J connectivity index is 2.00. The predicted molar refractivity (Wildman–Crippen MR) is 91.7 cm³/mol. The lowest BCUT2D eigenvalue weighted by molar-refractivity contribution is 0.415. The molecule has 0 bridgehead atoms. The van der Waals surface area contributed by atoms with Crippen LogP contribution in [-0.2, 0) is 0 Å². The first kappa shape index (κ1) is 14.7. The van der Waals surface area contributed by atoms with E-state index in [9.17, 15) is 0 Å². The molecule has 3 nitrogen and oxygen atoms in total. The molecule has 3 aromatic rings. The first-order valence-electron chi connectivity index (χ1n) is 7.68. The lowest BCUT2D eigenvalue weighted by Crippen LogP contribution is -2.13. The number of fused-ring (bicyclic) bond motifs is 1. The third-order valence-corrected chi connectivity index (χ3v) is 4.11. The molecule has 22 heavy (non-hydrogen) atoms. The van der Waals surface area contributed by atoms with Crippen molar-refractivity contribution in [1.29, 1.82) is 0 Å². The molecule has 3 rings (SSSR count). The van der Waals surface area contributed by atoms with E-state index in [2.05, 4.69) is 58.8 Å². The van der Waals surface area contributed by atoms with Gasteiger partial charge in [0.1, 0.15) is 5.75 Å². The average Bonchev–Trinajstić information content (AvgIpc) is 2.98. The molecule has 0 spiro atoms. The van der Waals surface area contributed by atoms with Gasteiger partial charge in [0.15, 0.2) is 0 Å².